The lowest BCUT2D eigenvalue weighted by atomic mass is 9.93. The molecule has 1 N–H and O–H groups in total. The molecule has 1 heterocycles. The van der Waals surface area contributed by atoms with Gasteiger partial charge >= 0.3 is 0 Å². The summed E-state index contributed by atoms with van der Waals surface area (Å²) < 4.78 is 14.1. The normalized spacial score (nSPS) is 17.3. The quantitative estimate of drug-likeness (QED) is 0.868. The molecule has 0 bridgehead atoms. The molecule has 1 amide bonds. The molecule has 4 heteroatoms. The number of nitrogens with one attached hydrogen (secondary N) is 1. The van der Waals surface area contributed by atoms with E-state index in [0.29, 0.717) is 11.5 Å². The van der Waals surface area contributed by atoms with Gasteiger partial charge in [0.2, 0.25) is 5.91 Å². The zero-order valence-corrected chi connectivity index (χ0v) is 13.6. The molecule has 0 saturated heterocycles. The van der Waals surface area contributed by atoms with Gasteiger partial charge < -0.3 is 5.32 Å². The average molecular weight is 317 g/mol. The van der Waals surface area contributed by atoms with E-state index in [1.807, 2.05) is 17.5 Å². The molecule has 1 aromatic heterocycles. The van der Waals surface area contributed by atoms with Gasteiger partial charge in [-0.25, -0.2) is 4.39 Å². The molecule has 22 heavy (non-hydrogen) atoms. The third-order valence-corrected chi connectivity index (χ3v) is 5.33. The topological polar surface area (TPSA) is 29.1 Å². The van der Waals surface area contributed by atoms with Crippen molar-refractivity contribution in [1.29, 1.82) is 0 Å². The highest BCUT2D eigenvalue weighted by atomic mass is 32.1. The van der Waals surface area contributed by atoms with Crippen LogP contribution < -0.4 is 5.32 Å². The van der Waals surface area contributed by atoms with Crippen molar-refractivity contribution in [1.82, 2.24) is 5.32 Å². The molecule has 0 unspecified atom stereocenters. The molecule has 1 aliphatic rings. The predicted octanol–water partition coefficient (Wildman–Crippen LogP) is 4.43. The first-order valence-electron chi connectivity index (χ1n) is 7.64. The van der Waals surface area contributed by atoms with Gasteiger partial charge in [-0.15, -0.1) is 11.3 Å². The summed E-state index contributed by atoms with van der Waals surface area (Å²) in [6.07, 6.45) is 1.43. The van der Waals surface area contributed by atoms with Crippen LogP contribution in [0.4, 0.5) is 4.39 Å². The van der Waals surface area contributed by atoms with Crippen LogP contribution in [0.15, 0.2) is 41.8 Å². The van der Waals surface area contributed by atoms with Crippen molar-refractivity contribution in [3.8, 4) is 0 Å². The van der Waals surface area contributed by atoms with Crippen molar-refractivity contribution in [2.75, 3.05) is 0 Å². The molecule has 0 spiro atoms. The number of rotatable bonds is 5. The second-order valence-electron chi connectivity index (χ2n) is 6.27. The van der Waals surface area contributed by atoms with Crippen molar-refractivity contribution in [3.05, 3.63) is 58.0 Å². The van der Waals surface area contributed by atoms with Crippen molar-refractivity contribution in [2.45, 2.75) is 38.1 Å². The van der Waals surface area contributed by atoms with Gasteiger partial charge in [0.05, 0.1) is 11.5 Å². The van der Waals surface area contributed by atoms with E-state index in [4.69, 9.17) is 0 Å². The van der Waals surface area contributed by atoms with E-state index < -0.39 is 5.41 Å². The number of halogens is 1. The van der Waals surface area contributed by atoms with E-state index in [0.717, 1.165) is 17.7 Å². The molecule has 1 aliphatic carbocycles. The van der Waals surface area contributed by atoms with Gasteiger partial charge in [0.1, 0.15) is 5.82 Å². The minimum atomic E-state index is -0.671. The van der Waals surface area contributed by atoms with Gasteiger partial charge in [0, 0.05) is 10.4 Å². The maximum atomic E-state index is 14.1. The fraction of sp³-hybridized carbons (Fsp3) is 0.389. The zero-order chi connectivity index (χ0) is 15.7. The van der Waals surface area contributed by atoms with Crippen molar-refractivity contribution >= 4 is 17.2 Å². The van der Waals surface area contributed by atoms with E-state index in [2.05, 4.69) is 19.2 Å². The molecular weight excluding hydrogens is 297 g/mol. The van der Waals surface area contributed by atoms with Crippen LogP contribution in [-0.4, -0.2) is 5.91 Å². The first-order chi connectivity index (χ1) is 10.5. The van der Waals surface area contributed by atoms with Gasteiger partial charge in [0.15, 0.2) is 0 Å². The number of hydrogen-bond acceptors (Lipinski definition) is 2. The summed E-state index contributed by atoms with van der Waals surface area (Å²) in [6, 6.07) is 10.6. The SMILES string of the molecule is CC(C)[C@@H](NC(=O)C1(c2ccccc2F)CC1)c1cccs1. The molecule has 2 nitrogen and oxygen atoms in total. The Morgan fingerprint density at radius 3 is 2.50 bits per heavy atom. The third kappa shape index (κ3) is 2.68. The molecule has 1 atom stereocenters. The number of hydrogen-bond donors (Lipinski definition) is 1. The van der Waals surface area contributed by atoms with Crippen LogP contribution in [0, 0.1) is 11.7 Å². The molecule has 0 aliphatic heterocycles. The van der Waals surface area contributed by atoms with Crippen LogP contribution in [0.3, 0.4) is 0 Å². The van der Waals surface area contributed by atoms with E-state index in [-0.39, 0.29) is 17.8 Å². The zero-order valence-electron chi connectivity index (χ0n) is 12.8. The lowest BCUT2D eigenvalue weighted by Gasteiger charge is -2.25. The maximum Gasteiger partial charge on any atom is 0.231 e. The number of amides is 1. The average Bonchev–Trinajstić information content (AvgIpc) is 3.12. The summed E-state index contributed by atoms with van der Waals surface area (Å²) in [5, 5.41) is 5.17. The Hall–Kier alpha value is -1.68. The van der Waals surface area contributed by atoms with E-state index >= 15 is 0 Å². The molecule has 2 aromatic rings. The second-order valence-corrected chi connectivity index (χ2v) is 7.25. The van der Waals surface area contributed by atoms with Crippen LogP contribution in [0.25, 0.3) is 0 Å². The fourth-order valence-electron chi connectivity index (χ4n) is 2.91. The monoisotopic (exact) mass is 317 g/mol. The van der Waals surface area contributed by atoms with Crippen molar-refractivity contribution in [2.24, 2.45) is 5.92 Å². The summed E-state index contributed by atoms with van der Waals surface area (Å²) >= 11 is 1.64. The van der Waals surface area contributed by atoms with Crippen LogP contribution >= 0.6 is 11.3 Å². The van der Waals surface area contributed by atoms with Gasteiger partial charge in [-0.05, 0) is 36.3 Å². The summed E-state index contributed by atoms with van der Waals surface area (Å²) in [4.78, 5) is 14.0. The molecule has 1 aromatic carbocycles. The summed E-state index contributed by atoms with van der Waals surface area (Å²) in [7, 11) is 0. The molecule has 1 fully saturated rings. The first-order valence-corrected chi connectivity index (χ1v) is 8.52. The smallest absolute Gasteiger partial charge is 0.231 e. The standard InChI is InChI=1S/C18H20FNOS/c1-12(2)16(15-8-5-11-22-15)20-17(21)18(9-10-18)13-6-3-4-7-14(13)19/h3-8,11-12,16H,9-10H2,1-2H3,(H,20,21)/t16-/m1/s1. The van der Waals surface area contributed by atoms with Crippen molar-refractivity contribution < 1.29 is 9.18 Å². The lowest BCUT2D eigenvalue weighted by molar-refractivity contribution is -0.124. The van der Waals surface area contributed by atoms with Gasteiger partial charge in [-0.1, -0.05) is 38.1 Å². The summed E-state index contributed by atoms with van der Waals surface area (Å²) in [6.45, 7) is 4.18. The lowest BCUT2D eigenvalue weighted by Crippen LogP contribution is -2.39. The number of carbonyl (C=O) groups excluding carboxylic acids is 1. The minimum absolute atomic E-state index is 0.0169. The van der Waals surface area contributed by atoms with Crippen LogP contribution in [0.1, 0.15) is 43.2 Å². The Balaban J connectivity index is 1.83. The number of carbonyl (C=O) groups is 1. The van der Waals surface area contributed by atoms with Crippen LogP contribution in [0.2, 0.25) is 0 Å². The summed E-state index contributed by atoms with van der Waals surface area (Å²) in [5.74, 6) is -0.0453. The number of benzene rings is 1. The Bertz CT molecular complexity index is 661. The van der Waals surface area contributed by atoms with Gasteiger partial charge in [-0.3, -0.25) is 4.79 Å². The summed E-state index contributed by atoms with van der Waals surface area (Å²) in [5.41, 5.74) is -0.142. The number of thiophene rings is 1. The van der Waals surface area contributed by atoms with E-state index in [1.165, 1.54) is 6.07 Å². The highest BCUT2D eigenvalue weighted by Gasteiger charge is 2.53. The Labute approximate surface area is 134 Å². The Morgan fingerprint density at radius 2 is 1.95 bits per heavy atom. The van der Waals surface area contributed by atoms with Crippen molar-refractivity contribution in [3.63, 3.8) is 0 Å². The Morgan fingerprint density at radius 1 is 1.23 bits per heavy atom. The molecule has 3 rings (SSSR count). The van der Waals surface area contributed by atoms with Gasteiger partial charge in [0.25, 0.3) is 0 Å². The minimum Gasteiger partial charge on any atom is -0.347 e. The maximum absolute atomic E-state index is 14.1. The second kappa shape index (κ2) is 5.84. The van der Waals surface area contributed by atoms with Crippen LogP contribution in [-0.2, 0) is 10.2 Å². The largest absolute Gasteiger partial charge is 0.347 e. The fourth-order valence-corrected chi connectivity index (χ4v) is 3.86. The van der Waals surface area contributed by atoms with Crippen LogP contribution in [0.5, 0.6) is 0 Å². The van der Waals surface area contributed by atoms with Gasteiger partial charge in [-0.2, -0.15) is 0 Å². The molecule has 0 radical (unpaired) electrons. The van der Waals surface area contributed by atoms with E-state index in [1.54, 1.807) is 29.5 Å². The predicted molar refractivity (Wildman–Crippen MR) is 87.4 cm³/mol. The highest BCUT2D eigenvalue weighted by molar-refractivity contribution is 7.10. The molecular formula is C18H20FNOS. The first kappa shape index (κ1) is 15.2. The third-order valence-electron chi connectivity index (χ3n) is 4.38. The Kier molecular flexibility index (Phi) is 4.04. The highest BCUT2D eigenvalue weighted by Crippen LogP contribution is 2.49. The molecule has 116 valence electrons. The van der Waals surface area contributed by atoms with E-state index in [9.17, 15) is 9.18 Å². The molecule has 1 saturated carbocycles.